The highest BCUT2D eigenvalue weighted by Crippen LogP contribution is 2.18. The van der Waals surface area contributed by atoms with Gasteiger partial charge < -0.3 is 10.1 Å². The van der Waals surface area contributed by atoms with E-state index in [1.54, 1.807) is 45.0 Å². The Labute approximate surface area is 184 Å². The molecule has 0 fully saturated rings. The first-order valence-electron chi connectivity index (χ1n) is 10.1. The molecule has 0 aliphatic rings. The number of benzene rings is 2. The van der Waals surface area contributed by atoms with E-state index in [4.69, 9.17) is 4.74 Å². The van der Waals surface area contributed by atoms with Crippen LogP contribution in [0.25, 0.3) is 0 Å². The van der Waals surface area contributed by atoms with Crippen LogP contribution in [0.2, 0.25) is 0 Å². The minimum Gasteiger partial charge on any atom is -0.459 e. The Hall–Kier alpha value is -2.71. The molecule has 2 rings (SSSR count). The smallest absolute Gasteiger partial charge is 0.324 e. The molecule has 8 heteroatoms. The van der Waals surface area contributed by atoms with E-state index in [-0.39, 0.29) is 16.7 Å². The van der Waals surface area contributed by atoms with Gasteiger partial charge in [0.1, 0.15) is 11.6 Å². The van der Waals surface area contributed by atoms with Crippen LogP contribution in [-0.2, 0) is 19.6 Å². The Balaban J connectivity index is 2.14. The molecule has 0 aliphatic heterocycles. The molecule has 0 saturated heterocycles. The number of amides is 1. The van der Waals surface area contributed by atoms with Crippen LogP contribution in [0.1, 0.15) is 51.4 Å². The van der Waals surface area contributed by atoms with Crippen LogP contribution in [0, 0.1) is 5.92 Å². The lowest BCUT2D eigenvalue weighted by molar-refractivity contribution is -0.157. The molecule has 0 saturated carbocycles. The molecule has 7 nitrogen and oxygen atoms in total. The molecule has 2 aromatic rings. The highest BCUT2D eigenvalue weighted by Gasteiger charge is 2.30. The third kappa shape index (κ3) is 7.80. The van der Waals surface area contributed by atoms with Crippen LogP contribution in [0.4, 0.5) is 5.69 Å². The number of rotatable bonds is 8. The first-order chi connectivity index (χ1) is 14.4. The summed E-state index contributed by atoms with van der Waals surface area (Å²) in [6.07, 6.45) is 0.305. The van der Waals surface area contributed by atoms with Crippen molar-refractivity contribution >= 4 is 27.6 Å². The fourth-order valence-electron chi connectivity index (χ4n) is 2.80. The van der Waals surface area contributed by atoms with Crippen molar-refractivity contribution in [2.24, 2.45) is 5.92 Å². The Kier molecular flexibility index (Phi) is 7.97. The van der Waals surface area contributed by atoms with Crippen molar-refractivity contribution in [1.82, 2.24) is 4.72 Å². The maximum atomic E-state index is 12.8. The normalized spacial score (nSPS) is 13.0. The maximum Gasteiger partial charge on any atom is 0.324 e. The molecule has 0 bridgehead atoms. The lowest BCUT2D eigenvalue weighted by atomic mass is 10.0. The van der Waals surface area contributed by atoms with Gasteiger partial charge >= 0.3 is 5.97 Å². The van der Waals surface area contributed by atoms with E-state index in [1.807, 2.05) is 19.9 Å². The van der Waals surface area contributed by atoms with Crippen LogP contribution < -0.4 is 10.0 Å². The van der Waals surface area contributed by atoms with Crippen molar-refractivity contribution in [2.45, 2.75) is 57.6 Å². The van der Waals surface area contributed by atoms with Gasteiger partial charge in [-0.05, 0) is 69.5 Å². The molecule has 1 atom stereocenters. The van der Waals surface area contributed by atoms with E-state index in [2.05, 4.69) is 10.0 Å². The Morgan fingerprint density at radius 3 is 2.06 bits per heavy atom. The average molecular weight is 447 g/mol. The fourth-order valence-corrected chi connectivity index (χ4v) is 4.00. The monoisotopic (exact) mass is 446 g/mol. The van der Waals surface area contributed by atoms with E-state index in [1.165, 1.54) is 24.3 Å². The zero-order chi connectivity index (χ0) is 23.2. The molecule has 2 aromatic carbocycles. The fraction of sp³-hybridized carbons (Fsp3) is 0.391. The first-order valence-corrected chi connectivity index (χ1v) is 11.6. The molecule has 0 radical (unpaired) electrons. The third-order valence-electron chi connectivity index (χ3n) is 4.15. The Morgan fingerprint density at radius 1 is 0.968 bits per heavy atom. The molecule has 0 aliphatic carbocycles. The van der Waals surface area contributed by atoms with Crippen molar-refractivity contribution in [1.29, 1.82) is 0 Å². The number of carbonyl (C=O) groups is 2. The van der Waals surface area contributed by atoms with Gasteiger partial charge in [0.05, 0.1) is 4.90 Å². The summed E-state index contributed by atoms with van der Waals surface area (Å²) < 4.78 is 33.5. The standard InChI is InChI=1S/C23H30N2O5S/c1-16(2)15-20(22(27)30-23(3,4)5)25-31(28,29)19-13-11-18(12-14-19)24-21(26)17-9-7-6-8-10-17/h6-14,16,20,25H,15H2,1-5H3,(H,24,26). The number of hydrogen-bond acceptors (Lipinski definition) is 5. The summed E-state index contributed by atoms with van der Waals surface area (Å²) in [4.78, 5) is 24.7. The Morgan fingerprint density at radius 2 is 1.55 bits per heavy atom. The molecule has 1 unspecified atom stereocenters. The van der Waals surface area contributed by atoms with E-state index < -0.39 is 27.6 Å². The number of esters is 1. The second-order valence-electron chi connectivity index (χ2n) is 8.68. The van der Waals surface area contributed by atoms with E-state index in [0.717, 1.165) is 0 Å². The highest BCUT2D eigenvalue weighted by atomic mass is 32.2. The predicted molar refractivity (Wildman–Crippen MR) is 120 cm³/mol. The van der Waals surface area contributed by atoms with Crippen molar-refractivity contribution in [3.63, 3.8) is 0 Å². The second kappa shape index (κ2) is 10.1. The number of hydrogen-bond donors (Lipinski definition) is 2. The van der Waals surface area contributed by atoms with Crippen LogP contribution in [0.3, 0.4) is 0 Å². The molecule has 31 heavy (non-hydrogen) atoms. The molecule has 1 amide bonds. The van der Waals surface area contributed by atoms with E-state index in [9.17, 15) is 18.0 Å². The number of anilines is 1. The highest BCUT2D eigenvalue weighted by molar-refractivity contribution is 7.89. The summed E-state index contributed by atoms with van der Waals surface area (Å²) in [6, 6.07) is 13.5. The van der Waals surface area contributed by atoms with Crippen molar-refractivity contribution < 1.29 is 22.7 Å². The zero-order valence-electron chi connectivity index (χ0n) is 18.5. The number of sulfonamides is 1. The van der Waals surface area contributed by atoms with Gasteiger partial charge in [-0.3, -0.25) is 9.59 Å². The SMILES string of the molecule is CC(C)CC(NS(=O)(=O)c1ccc(NC(=O)c2ccccc2)cc1)C(=O)OC(C)(C)C. The number of ether oxygens (including phenoxy) is 1. The van der Waals surface area contributed by atoms with Crippen molar-refractivity contribution in [3.8, 4) is 0 Å². The third-order valence-corrected chi connectivity index (χ3v) is 5.64. The average Bonchev–Trinajstić information content (AvgIpc) is 2.66. The molecule has 2 N–H and O–H groups in total. The summed E-state index contributed by atoms with van der Waals surface area (Å²) in [5, 5.41) is 2.72. The number of nitrogens with one attached hydrogen (secondary N) is 2. The van der Waals surface area contributed by atoms with Crippen LogP contribution in [0.5, 0.6) is 0 Å². The number of carbonyl (C=O) groups excluding carboxylic acids is 2. The van der Waals surface area contributed by atoms with Crippen molar-refractivity contribution in [2.75, 3.05) is 5.32 Å². The quantitative estimate of drug-likeness (QED) is 0.598. The summed E-state index contributed by atoms with van der Waals surface area (Å²) in [5.74, 6) is -0.830. The van der Waals surface area contributed by atoms with Crippen LogP contribution >= 0.6 is 0 Å². The van der Waals surface area contributed by atoms with Gasteiger partial charge in [-0.15, -0.1) is 0 Å². The minimum absolute atomic E-state index is 0.0116. The van der Waals surface area contributed by atoms with Gasteiger partial charge in [0.25, 0.3) is 5.91 Å². The van der Waals surface area contributed by atoms with Gasteiger partial charge in [0, 0.05) is 11.3 Å². The molecule has 168 valence electrons. The van der Waals surface area contributed by atoms with Crippen LogP contribution in [0.15, 0.2) is 59.5 Å². The molecule has 0 aromatic heterocycles. The van der Waals surface area contributed by atoms with Gasteiger partial charge in [-0.2, -0.15) is 4.72 Å². The maximum absolute atomic E-state index is 12.8. The summed E-state index contributed by atoms with van der Waals surface area (Å²) in [7, 11) is -3.97. The molecular formula is C23H30N2O5S. The van der Waals surface area contributed by atoms with E-state index in [0.29, 0.717) is 17.7 Å². The van der Waals surface area contributed by atoms with Gasteiger partial charge in [0.15, 0.2) is 0 Å². The lowest BCUT2D eigenvalue weighted by Crippen LogP contribution is -2.44. The first kappa shape index (κ1) is 24.6. The topological polar surface area (TPSA) is 102 Å². The largest absolute Gasteiger partial charge is 0.459 e. The van der Waals surface area contributed by atoms with Crippen molar-refractivity contribution in [3.05, 3.63) is 60.2 Å². The second-order valence-corrected chi connectivity index (χ2v) is 10.4. The summed E-state index contributed by atoms with van der Waals surface area (Å²) in [6.45, 7) is 8.99. The molecule has 0 heterocycles. The minimum atomic E-state index is -3.97. The van der Waals surface area contributed by atoms with Gasteiger partial charge in [-0.1, -0.05) is 32.0 Å². The molecular weight excluding hydrogens is 416 g/mol. The predicted octanol–water partition coefficient (Wildman–Crippen LogP) is 3.97. The lowest BCUT2D eigenvalue weighted by Gasteiger charge is -2.25. The van der Waals surface area contributed by atoms with Gasteiger partial charge in [0.2, 0.25) is 10.0 Å². The Bertz CT molecular complexity index is 995. The van der Waals surface area contributed by atoms with Crippen LogP contribution in [-0.4, -0.2) is 31.9 Å². The zero-order valence-corrected chi connectivity index (χ0v) is 19.3. The van der Waals surface area contributed by atoms with Gasteiger partial charge in [-0.25, -0.2) is 8.42 Å². The summed E-state index contributed by atoms with van der Waals surface area (Å²) in [5.41, 5.74) is 0.226. The molecule has 0 spiro atoms. The van der Waals surface area contributed by atoms with E-state index >= 15 is 0 Å². The summed E-state index contributed by atoms with van der Waals surface area (Å²) >= 11 is 0.